The van der Waals surface area contributed by atoms with E-state index in [1.165, 1.54) is 24.8 Å². The van der Waals surface area contributed by atoms with Crippen molar-refractivity contribution in [3.05, 3.63) is 34.1 Å². The maximum Gasteiger partial charge on any atom is 0.137 e. The lowest BCUT2D eigenvalue weighted by Gasteiger charge is -2.30. The van der Waals surface area contributed by atoms with Crippen LogP contribution in [0.5, 0.6) is 0 Å². The van der Waals surface area contributed by atoms with E-state index in [4.69, 9.17) is 0 Å². The fraction of sp³-hybridized carbons (Fsp3) is 0.600. The van der Waals surface area contributed by atoms with E-state index in [0.717, 1.165) is 13.1 Å². The predicted molar refractivity (Wildman–Crippen MR) is 78.7 cm³/mol. The lowest BCUT2D eigenvalue weighted by atomic mass is 10.0. The summed E-state index contributed by atoms with van der Waals surface area (Å²) in [6.07, 6.45) is 3.85. The largest absolute Gasteiger partial charge is 0.310 e. The molecule has 2 nitrogen and oxygen atoms in total. The lowest BCUT2D eigenvalue weighted by molar-refractivity contribution is 0.199. The molecule has 0 aromatic heterocycles. The van der Waals surface area contributed by atoms with Gasteiger partial charge in [-0.3, -0.25) is 4.90 Å². The standard InChI is InChI=1S/C15H20BrFN2/c1-10(11-2-5-15(17)14(16)8-11)19-7-6-12-3-4-13(9-19)18-12/h2,5,8,10,12-13,18H,3-4,6-7,9H2,1H3. The van der Waals surface area contributed by atoms with Gasteiger partial charge in [0.2, 0.25) is 0 Å². The third kappa shape index (κ3) is 2.86. The van der Waals surface area contributed by atoms with Crippen LogP contribution in [0.4, 0.5) is 4.39 Å². The summed E-state index contributed by atoms with van der Waals surface area (Å²) in [5.74, 6) is -0.187. The molecule has 4 heteroatoms. The fourth-order valence-corrected chi connectivity index (χ4v) is 3.70. The van der Waals surface area contributed by atoms with Crippen molar-refractivity contribution in [2.75, 3.05) is 13.1 Å². The van der Waals surface area contributed by atoms with E-state index in [9.17, 15) is 4.39 Å². The first-order valence-corrected chi connectivity index (χ1v) is 7.88. The number of benzene rings is 1. The second kappa shape index (κ2) is 5.51. The molecule has 1 N–H and O–H groups in total. The van der Waals surface area contributed by atoms with Crippen LogP contribution < -0.4 is 5.32 Å². The maximum atomic E-state index is 13.3. The van der Waals surface area contributed by atoms with Gasteiger partial charge >= 0.3 is 0 Å². The number of hydrogen-bond acceptors (Lipinski definition) is 2. The van der Waals surface area contributed by atoms with Crippen LogP contribution in [0.1, 0.15) is 37.8 Å². The topological polar surface area (TPSA) is 15.3 Å². The summed E-state index contributed by atoms with van der Waals surface area (Å²) in [5.41, 5.74) is 1.19. The van der Waals surface area contributed by atoms with E-state index in [-0.39, 0.29) is 5.82 Å². The average molecular weight is 327 g/mol. The molecule has 3 rings (SSSR count). The number of nitrogens with one attached hydrogen (secondary N) is 1. The molecule has 104 valence electrons. The molecule has 0 spiro atoms. The Labute approximate surface area is 122 Å². The van der Waals surface area contributed by atoms with Crippen LogP contribution in [0, 0.1) is 5.82 Å². The van der Waals surface area contributed by atoms with Crippen molar-refractivity contribution in [3.63, 3.8) is 0 Å². The van der Waals surface area contributed by atoms with E-state index in [2.05, 4.69) is 33.1 Å². The van der Waals surface area contributed by atoms with Crippen LogP contribution in [-0.4, -0.2) is 30.1 Å². The summed E-state index contributed by atoms with van der Waals surface area (Å²) in [6, 6.07) is 7.06. The molecule has 2 aliphatic heterocycles. The van der Waals surface area contributed by atoms with E-state index >= 15 is 0 Å². The molecule has 2 aliphatic rings. The van der Waals surface area contributed by atoms with Gasteiger partial charge in [0, 0.05) is 31.2 Å². The van der Waals surface area contributed by atoms with Gasteiger partial charge in [-0.05, 0) is 59.8 Å². The van der Waals surface area contributed by atoms with Gasteiger partial charge in [0.25, 0.3) is 0 Å². The minimum absolute atomic E-state index is 0.187. The number of rotatable bonds is 2. The molecular weight excluding hydrogens is 307 g/mol. The Morgan fingerprint density at radius 3 is 2.89 bits per heavy atom. The highest BCUT2D eigenvalue weighted by Gasteiger charge is 2.31. The highest BCUT2D eigenvalue weighted by atomic mass is 79.9. The smallest absolute Gasteiger partial charge is 0.137 e. The normalized spacial score (nSPS) is 29.2. The highest BCUT2D eigenvalue weighted by Crippen LogP contribution is 2.29. The summed E-state index contributed by atoms with van der Waals surface area (Å²) in [7, 11) is 0. The number of fused-ring (bicyclic) bond motifs is 2. The summed E-state index contributed by atoms with van der Waals surface area (Å²) < 4.78 is 13.9. The summed E-state index contributed by atoms with van der Waals surface area (Å²) in [4.78, 5) is 2.52. The molecule has 3 unspecified atom stereocenters. The quantitative estimate of drug-likeness (QED) is 0.895. The molecule has 2 fully saturated rings. The molecule has 1 aromatic carbocycles. The van der Waals surface area contributed by atoms with E-state index in [1.807, 2.05) is 12.1 Å². The molecule has 3 atom stereocenters. The van der Waals surface area contributed by atoms with Crippen LogP contribution in [0.3, 0.4) is 0 Å². The van der Waals surface area contributed by atoms with E-state index in [0.29, 0.717) is 22.6 Å². The van der Waals surface area contributed by atoms with Crippen LogP contribution in [-0.2, 0) is 0 Å². The maximum absolute atomic E-state index is 13.3. The van der Waals surface area contributed by atoms with Crippen LogP contribution in [0.15, 0.2) is 22.7 Å². The second-order valence-corrected chi connectivity index (χ2v) is 6.63. The van der Waals surface area contributed by atoms with Crippen LogP contribution in [0.2, 0.25) is 0 Å². The minimum atomic E-state index is -0.187. The van der Waals surface area contributed by atoms with Crippen molar-refractivity contribution in [1.82, 2.24) is 10.2 Å². The third-order valence-corrected chi connectivity index (χ3v) is 5.14. The molecule has 2 bridgehead atoms. The summed E-state index contributed by atoms with van der Waals surface area (Å²) in [6.45, 7) is 4.45. The van der Waals surface area contributed by atoms with Crippen LogP contribution >= 0.6 is 15.9 Å². The Hall–Kier alpha value is -0.450. The van der Waals surface area contributed by atoms with Crippen molar-refractivity contribution in [1.29, 1.82) is 0 Å². The van der Waals surface area contributed by atoms with E-state index in [1.54, 1.807) is 6.07 Å². The predicted octanol–water partition coefficient (Wildman–Crippen LogP) is 3.48. The SMILES string of the molecule is CC(c1ccc(F)c(Br)c1)N1CCC2CCC(C1)N2. The molecular formula is C15H20BrFN2. The van der Waals surface area contributed by atoms with Gasteiger partial charge < -0.3 is 5.32 Å². The summed E-state index contributed by atoms with van der Waals surface area (Å²) in [5, 5.41) is 3.70. The molecule has 0 amide bonds. The van der Waals surface area contributed by atoms with Crippen molar-refractivity contribution < 1.29 is 4.39 Å². The number of likely N-dealkylation sites (tertiary alicyclic amines) is 1. The van der Waals surface area contributed by atoms with Gasteiger partial charge in [-0.2, -0.15) is 0 Å². The lowest BCUT2D eigenvalue weighted by Crippen LogP contribution is -2.36. The molecule has 2 heterocycles. The Morgan fingerprint density at radius 1 is 1.32 bits per heavy atom. The van der Waals surface area contributed by atoms with Gasteiger partial charge in [-0.15, -0.1) is 0 Å². The zero-order chi connectivity index (χ0) is 13.4. The van der Waals surface area contributed by atoms with Gasteiger partial charge in [0.05, 0.1) is 4.47 Å². The van der Waals surface area contributed by atoms with Gasteiger partial charge in [0.15, 0.2) is 0 Å². The molecule has 0 saturated carbocycles. The summed E-state index contributed by atoms with van der Waals surface area (Å²) >= 11 is 3.28. The van der Waals surface area contributed by atoms with Gasteiger partial charge in [-0.25, -0.2) is 4.39 Å². The third-order valence-electron chi connectivity index (χ3n) is 4.53. The van der Waals surface area contributed by atoms with E-state index < -0.39 is 0 Å². The van der Waals surface area contributed by atoms with Crippen molar-refractivity contribution >= 4 is 15.9 Å². The van der Waals surface area contributed by atoms with Crippen molar-refractivity contribution in [2.24, 2.45) is 0 Å². The first-order chi connectivity index (χ1) is 9.13. The Balaban J connectivity index is 1.75. The zero-order valence-electron chi connectivity index (χ0n) is 11.2. The molecule has 1 aromatic rings. The molecule has 2 saturated heterocycles. The zero-order valence-corrected chi connectivity index (χ0v) is 12.8. The fourth-order valence-electron chi connectivity index (χ4n) is 3.30. The monoisotopic (exact) mass is 326 g/mol. The minimum Gasteiger partial charge on any atom is -0.310 e. The van der Waals surface area contributed by atoms with Crippen molar-refractivity contribution in [2.45, 2.75) is 44.3 Å². The first-order valence-electron chi connectivity index (χ1n) is 7.08. The number of nitrogens with zero attached hydrogens (tertiary/aromatic N) is 1. The number of halogens is 2. The van der Waals surface area contributed by atoms with Gasteiger partial charge in [-0.1, -0.05) is 6.07 Å². The Kier molecular flexibility index (Phi) is 3.92. The second-order valence-electron chi connectivity index (χ2n) is 5.77. The molecule has 0 aliphatic carbocycles. The van der Waals surface area contributed by atoms with Crippen LogP contribution in [0.25, 0.3) is 0 Å². The Bertz CT molecular complexity index is 465. The highest BCUT2D eigenvalue weighted by molar-refractivity contribution is 9.10. The average Bonchev–Trinajstić information content (AvgIpc) is 2.72. The van der Waals surface area contributed by atoms with Gasteiger partial charge in [0.1, 0.15) is 5.82 Å². The molecule has 19 heavy (non-hydrogen) atoms. The van der Waals surface area contributed by atoms with Crippen molar-refractivity contribution in [3.8, 4) is 0 Å². The number of hydrogen-bond donors (Lipinski definition) is 1. The molecule has 0 radical (unpaired) electrons. The first kappa shape index (κ1) is 13.5. The Morgan fingerprint density at radius 2 is 2.11 bits per heavy atom.